The van der Waals surface area contributed by atoms with Crippen molar-refractivity contribution < 1.29 is 33.3 Å². The number of amides is 1. The van der Waals surface area contributed by atoms with E-state index in [1.165, 1.54) is 26.4 Å². The minimum atomic E-state index is -0.587. The molecular weight excluding hydrogens is 440 g/mol. The zero-order valence-corrected chi connectivity index (χ0v) is 18.5. The second-order valence-electron chi connectivity index (χ2n) is 6.98. The van der Waals surface area contributed by atoms with Gasteiger partial charge in [-0.1, -0.05) is 11.6 Å². The highest BCUT2D eigenvalue weighted by Crippen LogP contribution is 2.20. The molecule has 1 aromatic carbocycles. The van der Waals surface area contributed by atoms with Crippen LogP contribution in [0.4, 0.5) is 0 Å². The minimum Gasteiger partial charge on any atom is -0.491 e. The zero-order valence-electron chi connectivity index (χ0n) is 17.7. The first-order valence-electron chi connectivity index (χ1n) is 9.85. The number of nitrogens with zero attached hydrogens (tertiary/aromatic N) is 2. The monoisotopic (exact) mass is 462 g/mol. The molecule has 1 amide bonds. The second kappa shape index (κ2) is 10.9. The fraction of sp³-hybridized carbons (Fsp3) is 0.364. The molecule has 32 heavy (non-hydrogen) atoms. The molecule has 0 N–H and O–H groups in total. The Morgan fingerprint density at radius 3 is 2.59 bits per heavy atom. The van der Waals surface area contributed by atoms with E-state index in [9.17, 15) is 14.4 Å². The van der Waals surface area contributed by atoms with Crippen molar-refractivity contribution in [3.63, 3.8) is 0 Å². The summed E-state index contributed by atoms with van der Waals surface area (Å²) in [5, 5.41) is 0.175. The molecule has 2 heterocycles. The SMILES string of the molecule is COC(=O)CC(=O)c1ccc(OCC2CN(C(=O)c3cc(Cl)nc(OC)c3)CCO2)cc1. The molecule has 1 saturated heterocycles. The number of ketones is 1. The van der Waals surface area contributed by atoms with Gasteiger partial charge in [0.2, 0.25) is 5.88 Å². The number of hydrogen-bond donors (Lipinski definition) is 0. The van der Waals surface area contributed by atoms with Crippen LogP contribution in [0, 0.1) is 0 Å². The Hall–Kier alpha value is -3.17. The van der Waals surface area contributed by atoms with E-state index in [1.807, 2.05) is 0 Å². The number of halogens is 1. The molecule has 0 spiro atoms. The van der Waals surface area contributed by atoms with Crippen molar-refractivity contribution >= 4 is 29.3 Å². The summed E-state index contributed by atoms with van der Waals surface area (Å²) < 4.78 is 21.0. The van der Waals surface area contributed by atoms with Crippen LogP contribution < -0.4 is 9.47 Å². The van der Waals surface area contributed by atoms with Crippen molar-refractivity contribution in [1.29, 1.82) is 0 Å². The molecule has 1 aliphatic rings. The number of esters is 1. The maximum atomic E-state index is 12.9. The Labute approximate surface area is 190 Å². The Balaban J connectivity index is 1.55. The van der Waals surface area contributed by atoms with E-state index < -0.39 is 5.97 Å². The first-order chi connectivity index (χ1) is 15.4. The highest BCUT2D eigenvalue weighted by molar-refractivity contribution is 6.29. The molecule has 1 aliphatic heterocycles. The third-order valence-corrected chi connectivity index (χ3v) is 4.99. The van der Waals surface area contributed by atoms with Crippen LogP contribution in [0.2, 0.25) is 5.15 Å². The van der Waals surface area contributed by atoms with Crippen LogP contribution >= 0.6 is 11.6 Å². The van der Waals surface area contributed by atoms with Gasteiger partial charge in [-0.05, 0) is 30.3 Å². The average Bonchev–Trinajstić information content (AvgIpc) is 2.82. The third kappa shape index (κ3) is 6.18. The molecule has 2 aromatic rings. The van der Waals surface area contributed by atoms with Gasteiger partial charge in [-0.2, -0.15) is 0 Å². The van der Waals surface area contributed by atoms with Gasteiger partial charge in [-0.15, -0.1) is 0 Å². The predicted octanol–water partition coefficient (Wildman–Crippen LogP) is 2.41. The standard InChI is InChI=1S/C22H23ClN2O7/c1-29-20-10-15(9-19(23)24-20)22(28)25-7-8-31-17(12-25)13-32-16-5-3-14(4-6-16)18(26)11-21(27)30-2/h3-6,9-10,17H,7-8,11-13H2,1-2H3. The first kappa shape index (κ1) is 23.5. The van der Waals surface area contributed by atoms with Crippen molar-refractivity contribution in [2.45, 2.75) is 12.5 Å². The van der Waals surface area contributed by atoms with Crippen LogP contribution in [0.3, 0.4) is 0 Å². The Morgan fingerprint density at radius 1 is 1.16 bits per heavy atom. The Bertz CT molecular complexity index is 981. The molecule has 0 saturated carbocycles. The van der Waals surface area contributed by atoms with Crippen LogP contribution in [0.25, 0.3) is 0 Å². The highest BCUT2D eigenvalue weighted by atomic mass is 35.5. The molecule has 1 unspecified atom stereocenters. The number of benzene rings is 1. The summed E-state index contributed by atoms with van der Waals surface area (Å²) in [5.41, 5.74) is 0.774. The second-order valence-corrected chi connectivity index (χ2v) is 7.36. The molecule has 1 fully saturated rings. The molecule has 170 valence electrons. The molecular formula is C22H23ClN2O7. The quantitative estimate of drug-likeness (QED) is 0.255. The number of carbonyl (C=O) groups excluding carboxylic acids is 3. The largest absolute Gasteiger partial charge is 0.491 e. The molecule has 0 aliphatic carbocycles. The van der Waals surface area contributed by atoms with Crippen LogP contribution in [-0.2, 0) is 14.3 Å². The van der Waals surface area contributed by atoms with Gasteiger partial charge < -0.3 is 23.8 Å². The van der Waals surface area contributed by atoms with E-state index in [0.717, 1.165) is 0 Å². The van der Waals surface area contributed by atoms with Crippen LogP contribution in [-0.4, -0.2) is 74.2 Å². The lowest BCUT2D eigenvalue weighted by atomic mass is 10.1. The summed E-state index contributed by atoms with van der Waals surface area (Å²) >= 11 is 5.97. The average molecular weight is 463 g/mol. The lowest BCUT2D eigenvalue weighted by Crippen LogP contribution is -2.47. The summed E-state index contributed by atoms with van der Waals surface area (Å²) in [7, 11) is 2.69. The lowest BCUT2D eigenvalue weighted by Gasteiger charge is -2.33. The summed E-state index contributed by atoms with van der Waals surface area (Å²) in [6, 6.07) is 9.48. The van der Waals surface area contributed by atoms with E-state index in [-0.39, 0.29) is 41.9 Å². The number of hydrogen-bond acceptors (Lipinski definition) is 8. The highest BCUT2D eigenvalue weighted by Gasteiger charge is 2.26. The molecule has 1 atom stereocenters. The number of pyridine rings is 1. The molecule has 0 bridgehead atoms. The van der Waals surface area contributed by atoms with Crippen molar-refractivity contribution in [1.82, 2.24) is 9.88 Å². The lowest BCUT2D eigenvalue weighted by molar-refractivity contribution is -0.139. The molecule has 9 nitrogen and oxygen atoms in total. The summed E-state index contributed by atoms with van der Waals surface area (Å²) in [6.07, 6.45) is -0.641. The number of ether oxygens (including phenoxy) is 4. The minimum absolute atomic E-state index is 0.175. The van der Waals surface area contributed by atoms with Crippen LogP contribution in [0.5, 0.6) is 11.6 Å². The topological polar surface area (TPSA) is 104 Å². The molecule has 1 aromatic heterocycles. The van der Waals surface area contributed by atoms with Gasteiger partial charge in [-0.25, -0.2) is 4.98 Å². The first-order valence-corrected chi connectivity index (χ1v) is 10.2. The van der Waals surface area contributed by atoms with Crippen molar-refractivity contribution in [2.24, 2.45) is 0 Å². The smallest absolute Gasteiger partial charge is 0.313 e. The molecule has 10 heteroatoms. The van der Waals surface area contributed by atoms with Crippen LogP contribution in [0.15, 0.2) is 36.4 Å². The normalized spacial score (nSPS) is 15.7. The van der Waals surface area contributed by atoms with E-state index in [1.54, 1.807) is 29.2 Å². The van der Waals surface area contributed by atoms with Gasteiger partial charge >= 0.3 is 5.97 Å². The Morgan fingerprint density at radius 2 is 1.91 bits per heavy atom. The van der Waals surface area contributed by atoms with Gasteiger partial charge in [0.1, 0.15) is 30.0 Å². The van der Waals surface area contributed by atoms with E-state index in [0.29, 0.717) is 36.6 Å². The predicted molar refractivity (Wildman–Crippen MR) is 114 cm³/mol. The fourth-order valence-electron chi connectivity index (χ4n) is 3.12. The number of carbonyl (C=O) groups is 3. The van der Waals surface area contributed by atoms with Gasteiger partial charge in [-0.3, -0.25) is 14.4 Å². The molecule has 3 rings (SSSR count). The van der Waals surface area contributed by atoms with Crippen LogP contribution in [0.1, 0.15) is 27.1 Å². The van der Waals surface area contributed by atoms with Crippen molar-refractivity contribution in [2.75, 3.05) is 40.5 Å². The van der Waals surface area contributed by atoms with Gasteiger partial charge in [0.25, 0.3) is 5.91 Å². The fourth-order valence-corrected chi connectivity index (χ4v) is 3.32. The number of Topliss-reactive ketones (excluding diaryl/α,β-unsaturated/α-hetero) is 1. The number of aromatic nitrogens is 1. The van der Waals surface area contributed by atoms with Gasteiger partial charge in [0, 0.05) is 23.7 Å². The summed E-state index contributed by atoms with van der Waals surface area (Å²) in [6.45, 7) is 1.38. The maximum absolute atomic E-state index is 12.9. The summed E-state index contributed by atoms with van der Waals surface area (Å²) in [5.74, 6) is -0.313. The Kier molecular flexibility index (Phi) is 8.02. The van der Waals surface area contributed by atoms with E-state index >= 15 is 0 Å². The number of methoxy groups -OCH3 is 2. The van der Waals surface area contributed by atoms with Gasteiger partial charge in [0.05, 0.1) is 27.4 Å². The van der Waals surface area contributed by atoms with Gasteiger partial charge in [0.15, 0.2) is 5.78 Å². The maximum Gasteiger partial charge on any atom is 0.313 e. The van der Waals surface area contributed by atoms with E-state index in [2.05, 4.69) is 9.72 Å². The molecule has 0 radical (unpaired) electrons. The number of morpholine rings is 1. The number of rotatable bonds is 8. The van der Waals surface area contributed by atoms with Crippen molar-refractivity contribution in [3.05, 3.63) is 52.7 Å². The van der Waals surface area contributed by atoms with Crippen molar-refractivity contribution in [3.8, 4) is 11.6 Å². The summed E-state index contributed by atoms with van der Waals surface area (Å²) in [4.78, 5) is 41.7. The van der Waals surface area contributed by atoms with E-state index in [4.69, 9.17) is 25.8 Å². The zero-order chi connectivity index (χ0) is 23.1. The third-order valence-electron chi connectivity index (χ3n) is 4.80.